The van der Waals surface area contributed by atoms with Gasteiger partial charge in [-0.05, 0) is 18.2 Å². The molecule has 0 aliphatic carbocycles. The summed E-state index contributed by atoms with van der Waals surface area (Å²) in [6.45, 7) is 1.38. The van der Waals surface area contributed by atoms with E-state index in [0.717, 1.165) is 12.8 Å². The van der Waals surface area contributed by atoms with E-state index >= 15 is 0 Å². The summed E-state index contributed by atoms with van der Waals surface area (Å²) in [5, 5.41) is 0. The molecule has 0 saturated carbocycles. The first-order chi connectivity index (χ1) is 8.70. The van der Waals surface area contributed by atoms with E-state index < -0.39 is 5.97 Å². The van der Waals surface area contributed by atoms with Crippen LogP contribution < -0.4 is 10.5 Å². The lowest BCUT2D eigenvalue weighted by Crippen LogP contribution is -2.26. The highest BCUT2D eigenvalue weighted by molar-refractivity contribution is 5.93. The van der Waals surface area contributed by atoms with Gasteiger partial charge in [0.1, 0.15) is 17.4 Å². The Morgan fingerprint density at radius 2 is 2.11 bits per heavy atom. The predicted octanol–water partition coefficient (Wildman–Crippen LogP) is 1.61. The molecule has 1 aromatic carbocycles. The van der Waals surface area contributed by atoms with E-state index in [1.165, 1.54) is 7.11 Å². The van der Waals surface area contributed by atoms with Gasteiger partial charge >= 0.3 is 5.97 Å². The maximum absolute atomic E-state index is 11.6. The van der Waals surface area contributed by atoms with Crippen molar-refractivity contribution in [1.29, 1.82) is 0 Å². The summed E-state index contributed by atoms with van der Waals surface area (Å²) in [4.78, 5) is 11.6. The fraction of sp³-hybridized carbons (Fsp3) is 0.462. The van der Waals surface area contributed by atoms with Crippen LogP contribution in [0.4, 0.5) is 5.69 Å². The Hall–Kier alpha value is -1.75. The zero-order valence-corrected chi connectivity index (χ0v) is 10.3. The molecule has 0 unspecified atom stereocenters. The van der Waals surface area contributed by atoms with E-state index in [9.17, 15) is 4.79 Å². The number of rotatable bonds is 3. The predicted molar refractivity (Wildman–Crippen MR) is 66.7 cm³/mol. The zero-order chi connectivity index (χ0) is 13.0. The molecule has 2 rings (SSSR count). The Morgan fingerprint density at radius 1 is 1.39 bits per heavy atom. The molecule has 0 bridgehead atoms. The molecular weight excluding hydrogens is 234 g/mol. The van der Waals surface area contributed by atoms with Gasteiger partial charge in [-0.1, -0.05) is 0 Å². The van der Waals surface area contributed by atoms with Crippen LogP contribution in [0.3, 0.4) is 0 Å². The molecule has 0 radical (unpaired) electrons. The number of methoxy groups -OCH3 is 1. The molecule has 1 saturated heterocycles. The van der Waals surface area contributed by atoms with Gasteiger partial charge < -0.3 is 19.9 Å². The second-order valence-corrected chi connectivity index (χ2v) is 4.18. The van der Waals surface area contributed by atoms with Gasteiger partial charge in [-0.15, -0.1) is 0 Å². The smallest absolute Gasteiger partial charge is 0.341 e. The number of nitrogens with two attached hydrogens (primary N) is 1. The molecule has 1 aliphatic heterocycles. The second kappa shape index (κ2) is 5.73. The van der Waals surface area contributed by atoms with Crippen LogP contribution in [0.15, 0.2) is 18.2 Å². The number of esters is 1. The van der Waals surface area contributed by atoms with Crippen LogP contribution in [-0.2, 0) is 9.47 Å². The van der Waals surface area contributed by atoms with Gasteiger partial charge in [-0.25, -0.2) is 4.79 Å². The largest absolute Gasteiger partial charge is 0.489 e. The van der Waals surface area contributed by atoms with Crippen molar-refractivity contribution in [2.24, 2.45) is 0 Å². The molecular formula is C13H17NO4. The highest BCUT2D eigenvalue weighted by Crippen LogP contribution is 2.25. The highest BCUT2D eigenvalue weighted by atomic mass is 16.5. The lowest BCUT2D eigenvalue weighted by Gasteiger charge is -2.24. The monoisotopic (exact) mass is 251 g/mol. The number of carbonyl (C=O) groups excluding carboxylic acids is 1. The summed E-state index contributed by atoms with van der Waals surface area (Å²) < 4.78 is 15.8. The van der Waals surface area contributed by atoms with E-state index in [-0.39, 0.29) is 6.10 Å². The maximum Gasteiger partial charge on any atom is 0.341 e. The molecule has 98 valence electrons. The van der Waals surface area contributed by atoms with E-state index in [2.05, 4.69) is 0 Å². The van der Waals surface area contributed by atoms with Crippen molar-refractivity contribution < 1.29 is 19.0 Å². The SMILES string of the molecule is COC(=O)c1cc(N)ccc1OC1CCOCC1. The Morgan fingerprint density at radius 3 is 2.78 bits per heavy atom. The normalized spacial score (nSPS) is 16.3. The molecule has 1 aliphatic rings. The fourth-order valence-corrected chi connectivity index (χ4v) is 1.89. The van der Waals surface area contributed by atoms with Gasteiger partial charge in [0, 0.05) is 18.5 Å². The summed E-state index contributed by atoms with van der Waals surface area (Å²) in [7, 11) is 1.34. The molecule has 1 fully saturated rings. The minimum atomic E-state index is -0.440. The average molecular weight is 251 g/mol. The third-order valence-electron chi connectivity index (χ3n) is 2.87. The van der Waals surface area contributed by atoms with Crippen molar-refractivity contribution in [3.63, 3.8) is 0 Å². The first kappa shape index (κ1) is 12.7. The lowest BCUT2D eigenvalue weighted by molar-refractivity contribution is 0.0246. The van der Waals surface area contributed by atoms with Crippen LogP contribution in [0.5, 0.6) is 5.75 Å². The van der Waals surface area contributed by atoms with Gasteiger partial charge in [0.15, 0.2) is 0 Å². The second-order valence-electron chi connectivity index (χ2n) is 4.18. The van der Waals surface area contributed by atoms with Gasteiger partial charge in [-0.3, -0.25) is 0 Å². The van der Waals surface area contributed by atoms with E-state index in [4.69, 9.17) is 19.9 Å². The van der Waals surface area contributed by atoms with Gasteiger partial charge in [0.25, 0.3) is 0 Å². The van der Waals surface area contributed by atoms with Crippen molar-refractivity contribution in [3.05, 3.63) is 23.8 Å². The molecule has 5 heteroatoms. The van der Waals surface area contributed by atoms with Crippen LogP contribution in [0.25, 0.3) is 0 Å². The van der Waals surface area contributed by atoms with Gasteiger partial charge in [0.2, 0.25) is 0 Å². The molecule has 0 amide bonds. The van der Waals surface area contributed by atoms with Crippen molar-refractivity contribution in [1.82, 2.24) is 0 Å². The summed E-state index contributed by atoms with van der Waals surface area (Å²) in [5.41, 5.74) is 6.54. The number of anilines is 1. The molecule has 1 aromatic rings. The quantitative estimate of drug-likeness (QED) is 0.653. The third kappa shape index (κ3) is 2.92. The Labute approximate surface area is 106 Å². The number of nitrogen functional groups attached to an aromatic ring is 1. The zero-order valence-electron chi connectivity index (χ0n) is 10.3. The van der Waals surface area contributed by atoms with Crippen LogP contribution in [0.2, 0.25) is 0 Å². The Balaban J connectivity index is 2.17. The number of benzene rings is 1. The Kier molecular flexibility index (Phi) is 4.04. The Bertz CT molecular complexity index is 427. The average Bonchev–Trinajstić information content (AvgIpc) is 2.41. The third-order valence-corrected chi connectivity index (χ3v) is 2.87. The molecule has 18 heavy (non-hydrogen) atoms. The van der Waals surface area contributed by atoms with Gasteiger partial charge in [0.05, 0.1) is 20.3 Å². The van der Waals surface area contributed by atoms with Crippen LogP contribution in [0, 0.1) is 0 Å². The minimum absolute atomic E-state index is 0.0748. The molecule has 0 aromatic heterocycles. The van der Waals surface area contributed by atoms with Crippen molar-refractivity contribution in [2.45, 2.75) is 18.9 Å². The van der Waals surface area contributed by atoms with Crippen molar-refractivity contribution in [2.75, 3.05) is 26.1 Å². The molecule has 2 N–H and O–H groups in total. The first-order valence-electron chi connectivity index (χ1n) is 5.93. The maximum atomic E-state index is 11.6. The molecule has 0 spiro atoms. The van der Waals surface area contributed by atoms with E-state index in [1.807, 2.05) is 0 Å². The number of hydrogen-bond donors (Lipinski definition) is 1. The summed E-state index contributed by atoms with van der Waals surface area (Å²) >= 11 is 0. The van der Waals surface area contributed by atoms with Crippen molar-refractivity contribution >= 4 is 11.7 Å². The van der Waals surface area contributed by atoms with Crippen LogP contribution in [-0.4, -0.2) is 32.4 Å². The molecule has 0 atom stereocenters. The summed E-state index contributed by atoms with van der Waals surface area (Å²) in [6, 6.07) is 4.98. The first-order valence-corrected chi connectivity index (χ1v) is 5.93. The number of ether oxygens (including phenoxy) is 3. The van der Waals surface area contributed by atoms with Gasteiger partial charge in [-0.2, -0.15) is 0 Å². The van der Waals surface area contributed by atoms with Crippen LogP contribution >= 0.6 is 0 Å². The molecule has 5 nitrogen and oxygen atoms in total. The lowest BCUT2D eigenvalue weighted by atomic mass is 10.1. The minimum Gasteiger partial charge on any atom is -0.489 e. The molecule has 1 heterocycles. The summed E-state index contributed by atoms with van der Waals surface area (Å²) in [6.07, 6.45) is 1.72. The van der Waals surface area contributed by atoms with E-state index in [1.54, 1.807) is 18.2 Å². The summed E-state index contributed by atoms with van der Waals surface area (Å²) in [5.74, 6) is 0.0762. The van der Waals surface area contributed by atoms with Crippen molar-refractivity contribution in [3.8, 4) is 5.75 Å². The van der Waals surface area contributed by atoms with Crippen LogP contribution in [0.1, 0.15) is 23.2 Å². The standard InChI is InChI=1S/C13H17NO4/c1-16-13(15)11-8-9(14)2-3-12(11)18-10-4-6-17-7-5-10/h2-3,8,10H,4-7,14H2,1H3. The number of hydrogen-bond acceptors (Lipinski definition) is 5. The highest BCUT2D eigenvalue weighted by Gasteiger charge is 2.19. The fourth-order valence-electron chi connectivity index (χ4n) is 1.89. The van der Waals surface area contributed by atoms with E-state index in [0.29, 0.717) is 30.2 Å². The number of carbonyl (C=O) groups is 1. The topological polar surface area (TPSA) is 70.8 Å².